The van der Waals surface area contributed by atoms with Crippen molar-refractivity contribution in [3.05, 3.63) is 65.8 Å². The predicted molar refractivity (Wildman–Crippen MR) is 105 cm³/mol. The van der Waals surface area contributed by atoms with Gasteiger partial charge in [-0.2, -0.15) is 0 Å². The fourth-order valence-corrected chi connectivity index (χ4v) is 3.30. The second-order valence-electron chi connectivity index (χ2n) is 5.66. The SMILES string of the molecule is O=C(CCn1ccc2ccccc21)NNC(=O)CSc1ccc(Cl)cc1. The Hall–Kier alpha value is -2.44. The van der Waals surface area contributed by atoms with Gasteiger partial charge in [0.1, 0.15) is 0 Å². The summed E-state index contributed by atoms with van der Waals surface area (Å²) in [6.07, 6.45) is 2.24. The number of nitrogens with one attached hydrogen (secondary N) is 2. The lowest BCUT2D eigenvalue weighted by molar-refractivity contribution is -0.127. The molecular weight excluding hydrogens is 370 g/mol. The van der Waals surface area contributed by atoms with E-state index in [0.717, 1.165) is 15.8 Å². The van der Waals surface area contributed by atoms with E-state index in [0.29, 0.717) is 11.6 Å². The van der Waals surface area contributed by atoms with Crippen LogP contribution in [0.2, 0.25) is 5.02 Å². The van der Waals surface area contributed by atoms with Crippen LogP contribution in [0.5, 0.6) is 0 Å². The van der Waals surface area contributed by atoms with Gasteiger partial charge in [-0.3, -0.25) is 20.4 Å². The van der Waals surface area contributed by atoms with E-state index in [1.54, 1.807) is 12.1 Å². The molecule has 2 N–H and O–H groups in total. The number of hydrogen-bond acceptors (Lipinski definition) is 3. The fraction of sp³-hybridized carbons (Fsp3) is 0.158. The first-order valence-corrected chi connectivity index (χ1v) is 9.48. The molecule has 0 aliphatic carbocycles. The molecule has 0 saturated carbocycles. The molecule has 5 nitrogen and oxygen atoms in total. The molecule has 2 amide bonds. The molecule has 0 saturated heterocycles. The molecule has 0 spiro atoms. The highest BCUT2D eigenvalue weighted by molar-refractivity contribution is 8.00. The topological polar surface area (TPSA) is 63.1 Å². The van der Waals surface area contributed by atoms with E-state index in [-0.39, 0.29) is 24.0 Å². The van der Waals surface area contributed by atoms with Crippen LogP contribution in [-0.2, 0) is 16.1 Å². The number of nitrogens with zero attached hydrogens (tertiary/aromatic N) is 1. The van der Waals surface area contributed by atoms with Gasteiger partial charge in [-0.25, -0.2) is 0 Å². The van der Waals surface area contributed by atoms with E-state index in [9.17, 15) is 9.59 Å². The van der Waals surface area contributed by atoms with Gasteiger partial charge in [0.25, 0.3) is 0 Å². The lowest BCUT2D eigenvalue weighted by Gasteiger charge is -2.08. The van der Waals surface area contributed by atoms with Gasteiger partial charge in [-0.15, -0.1) is 11.8 Å². The first-order chi connectivity index (χ1) is 12.6. The molecule has 0 aliphatic rings. The van der Waals surface area contributed by atoms with Crippen LogP contribution in [0.3, 0.4) is 0 Å². The zero-order chi connectivity index (χ0) is 18.4. The van der Waals surface area contributed by atoms with E-state index in [1.165, 1.54) is 11.8 Å². The van der Waals surface area contributed by atoms with Crippen LogP contribution in [0.25, 0.3) is 10.9 Å². The van der Waals surface area contributed by atoms with Crippen molar-refractivity contribution in [1.82, 2.24) is 15.4 Å². The summed E-state index contributed by atoms with van der Waals surface area (Å²) in [6, 6.07) is 17.3. The number of aryl methyl sites for hydroxylation is 1. The van der Waals surface area contributed by atoms with Gasteiger partial charge in [-0.05, 0) is 41.8 Å². The number of halogens is 1. The number of hydrogen-bond donors (Lipinski definition) is 2. The molecule has 1 aromatic heterocycles. The monoisotopic (exact) mass is 387 g/mol. The smallest absolute Gasteiger partial charge is 0.248 e. The predicted octanol–water partition coefficient (Wildman–Crippen LogP) is 3.62. The normalized spacial score (nSPS) is 10.7. The molecule has 7 heteroatoms. The molecule has 0 radical (unpaired) electrons. The Kier molecular flexibility index (Phi) is 6.20. The Morgan fingerprint density at radius 2 is 1.69 bits per heavy atom. The van der Waals surface area contributed by atoms with Gasteiger partial charge in [0, 0.05) is 34.6 Å². The van der Waals surface area contributed by atoms with Crippen molar-refractivity contribution in [3.8, 4) is 0 Å². The molecule has 0 fully saturated rings. The van der Waals surface area contributed by atoms with Crippen LogP contribution in [0, 0.1) is 0 Å². The first-order valence-electron chi connectivity index (χ1n) is 8.12. The summed E-state index contributed by atoms with van der Waals surface area (Å²) >= 11 is 7.20. The minimum atomic E-state index is -0.260. The number of amides is 2. The highest BCUT2D eigenvalue weighted by Gasteiger charge is 2.07. The Balaban J connectivity index is 1.39. The third kappa shape index (κ3) is 5.03. The van der Waals surface area contributed by atoms with Gasteiger partial charge >= 0.3 is 0 Å². The van der Waals surface area contributed by atoms with Crippen LogP contribution >= 0.6 is 23.4 Å². The molecule has 0 atom stereocenters. The third-order valence-electron chi connectivity index (χ3n) is 3.78. The Morgan fingerprint density at radius 1 is 0.962 bits per heavy atom. The fourth-order valence-electron chi connectivity index (χ4n) is 2.48. The van der Waals surface area contributed by atoms with Crippen molar-refractivity contribution in [2.24, 2.45) is 0 Å². The van der Waals surface area contributed by atoms with Crippen molar-refractivity contribution in [3.63, 3.8) is 0 Å². The second kappa shape index (κ2) is 8.78. The van der Waals surface area contributed by atoms with Gasteiger partial charge in [-0.1, -0.05) is 29.8 Å². The Bertz CT molecular complexity index is 909. The zero-order valence-corrected chi connectivity index (χ0v) is 15.5. The van der Waals surface area contributed by atoms with Crippen LogP contribution in [0.15, 0.2) is 65.7 Å². The van der Waals surface area contributed by atoms with Crippen molar-refractivity contribution >= 4 is 46.1 Å². The van der Waals surface area contributed by atoms with E-state index < -0.39 is 0 Å². The maximum absolute atomic E-state index is 11.9. The summed E-state index contributed by atoms with van der Waals surface area (Å²) < 4.78 is 2.02. The summed E-state index contributed by atoms with van der Waals surface area (Å²) in [4.78, 5) is 24.7. The van der Waals surface area contributed by atoms with E-state index in [4.69, 9.17) is 11.6 Å². The van der Waals surface area contributed by atoms with Crippen LogP contribution in [0.4, 0.5) is 0 Å². The van der Waals surface area contributed by atoms with Crippen LogP contribution in [-0.4, -0.2) is 22.1 Å². The van der Waals surface area contributed by atoms with Crippen molar-refractivity contribution in [2.75, 3.05) is 5.75 Å². The molecule has 0 aliphatic heterocycles. The van der Waals surface area contributed by atoms with E-state index >= 15 is 0 Å². The number of thioether (sulfide) groups is 1. The van der Waals surface area contributed by atoms with E-state index in [2.05, 4.69) is 10.9 Å². The zero-order valence-electron chi connectivity index (χ0n) is 13.9. The number of benzene rings is 2. The number of aromatic nitrogens is 1. The number of carbonyl (C=O) groups excluding carboxylic acids is 2. The molecule has 1 heterocycles. The van der Waals surface area contributed by atoms with Gasteiger partial charge in [0.15, 0.2) is 0 Å². The van der Waals surface area contributed by atoms with Gasteiger partial charge in [0.05, 0.1) is 5.75 Å². The molecule has 26 heavy (non-hydrogen) atoms. The van der Waals surface area contributed by atoms with Crippen molar-refractivity contribution in [2.45, 2.75) is 17.9 Å². The molecule has 134 valence electrons. The maximum Gasteiger partial charge on any atom is 0.248 e. The number of carbonyl (C=O) groups is 2. The third-order valence-corrected chi connectivity index (χ3v) is 5.05. The molecular formula is C19H18ClN3O2S. The largest absolute Gasteiger partial charge is 0.347 e. The van der Waals surface area contributed by atoms with Crippen molar-refractivity contribution < 1.29 is 9.59 Å². The minimum absolute atomic E-state index is 0.212. The van der Waals surface area contributed by atoms with E-state index in [1.807, 2.05) is 53.2 Å². The molecule has 2 aromatic carbocycles. The maximum atomic E-state index is 11.9. The highest BCUT2D eigenvalue weighted by Crippen LogP contribution is 2.19. The van der Waals surface area contributed by atoms with Crippen molar-refractivity contribution in [1.29, 1.82) is 0 Å². The summed E-state index contributed by atoms with van der Waals surface area (Å²) in [5.74, 6) is -0.276. The number of rotatable bonds is 6. The molecule has 3 aromatic rings. The quantitative estimate of drug-likeness (QED) is 0.501. The standard InChI is InChI=1S/C19H18ClN3O2S/c20-15-5-7-16(8-6-15)26-13-19(25)22-21-18(24)10-12-23-11-9-14-3-1-2-4-17(14)23/h1-9,11H,10,12-13H2,(H,21,24)(H,22,25). The summed E-state index contributed by atoms with van der Waals surface area (Å²) in [6.45, 7) is 0.550. The number of hydrazine groups is 1. The Morgan fingerprint density at radius 3 is 2.50 bits per heavy atom. The number of para-hydroxylation sites is 1. The summed E-state index contributed by atoms with van der Waals surface area (Å²) in [5.41, 5.74) is 5.98. The lowest BCUT2D eigenvalue weighted by atomic mass is 10.2. The molecule has 0 bridgehead atoms. The van der Waals surface area contributed by atoms with Crippen LogP contribution < -0.4 is 10.9 Å². The lowest BCUT2D eigenvalue weighted by Crippen LogP contribution is -2.42. The second-order valence-corrected chi connectivity index (χ2v) is 7.14. The average Bonchev–Trinajstić information content (AvgIpc) is 3.07. The molecule has 3 rings (SSSR count). The van der Waals surface area contributed by atoms with Crippen LogP contribution in [0.1, 0.15) is 6.42 Å². The Labute approximate surface area is 160 Å². The summed E-state index contributed by atoms with van der Waals surface area (Å²) in [5, 5.41) is 1.79. The van der Waals surface area contributed by atoms with Gasteiger partial charge < -0.3 is 4.57 Å². The number of fused-ring (bicyclic) bond motifs is 1. The average molecular weight is 388 g/mol. The first kappa shape index (κ1) is 18.4. The molecule has 0 unspecified atom stereocenters. The summed E-state index contributed by atoms with van der Waals surface area (Å²) in [7, 11) is 0. The highest BCUT2D eigenvalue weighted by atomic mass is 35.5. The minimum Gasteiger partial charge on any atom is -0.347 e. The van der Waals surface area contributed by atoms with Gasteiger partial charge in [0.2, 0.25) is 11.8 Å².